The molecule has 0 saturated heterocycles. The highest BCUT2D eigenvalue weighted by molar-refractivity contribution is 6.09. The maximum atomic E-state index is 12.5. The van der Waals surface area contributed by atoms with Crippen molar-refractivity contribution in [1.29, 1.82) is 0 Å². The first-order chi connectivity index (χ1) is 11.8. The molecule has 1 atom stereocenters. The van der Waals surface area contributed by atoms with E-state index in [9.17, 15) is 24.8 Å². The first-order valence-electron chi connectivity index (χ1n) is 7.35. The number of rotatable bonds is 5. The Balaban J connectivity index is 1.96. The Labute approximate surface area is 142 Å². The van der Waals surface area contributed by atoms with Crippen LogP contribution in [0.4, 0.5) is 11.4 Å². The number of non-ortho nitro benzene ring substituents is 1. The standard InChI is InChI=1S/C17H14N2O6/c1-25-12-4-2-3-10(7-12)15(20)9-17(22)13-8-11(19(23)24)5-6-14(13)18-16(17)21/h2-8,22H,9H2,1H3,(H,18,21). The summed E-state index contributed by atoms with van der Waals surface area (Å²) in [6, 6.07) is 9.96. The lowest BCUT2D eigenvalue weighted by atomic mass is 9.88. The van der Waals surface area contributed by atoms with E-state index in [2.05, 4.69) is 5.32 Å². The van der Waals surface area contributed by atoms with Crippen molar-refractivity contribution >= 4 is 23.1 Å². The van der Waals surface area contributed by atoms with Crippen LogP contribution in [0.3, 0.4) is 0 Å². The normalized spacial score (nSPS) is 18.4. The number of Topliss-reactive ketones (excluding diaryl/α,β-unsaturated/α-hetero) is 1. The third kappa shape index (κ3) is 2.83. The number of nitrogens with one attached hydrogen (secondary N) is 1. The number of nitro benzene ring substituents is 1. The monoisotopic (exact) mass is 342 g/mol. The lowest BCUT2D eigenvalue weighted by molar-refractivity contribution is -0.385. The Morgan fingerprint density at radius 3 is 2.76 bits per heavy atom. The van der Waals surface area contributed by atoms with Gasteiger partial charge in [-0.2, -0.15) is 0 Å². The summed E-state index contributed by atoms with van der Waals surface area (Å²) >= 11 is 0. The Bertz CT molecular complexity index is 894. The molecule has 1 heterocycles. The average molecular weight is 342 g/mol. The van der Waals surface area contributed by atoms with E-state index < -0.39 is 28.6 Å². The van der Waals surface area contributed by atoms with Crippen LogP contribution >= 0.6 is 0 Å². The van der Waals surface area contributed by atoms with Gasteiger partial charge in [0.15, 0.2) is 11.4 Å². The first-order valence-corrected chi connectivity index (χ1v) is 7.35. The number of anilines is 1. The van der Waals surface area contributed by atoms with Crippen molar-refractivity contribution < 1.29 is 24.4 Å². The predicted octanol–water partition coefficient (Wildman–Crippen LogP) is 2.02. The molecule has 0 fully saturated rings. The van der Waals surface area contributed by atoms with Crippen molar-refractivity contribution in [2.24, 2.45) is 0 Å². The highest BCUT2D eigenvalue weighted by atomic mass is 16.6. The van der Waals surface area contributed by atoms with Gasteiger partial charge in [0.2, 0.25) is 0 Å². The fraction of sp³-hybridized carbons (Fsp3) is 0.176. The van der Waals surface area contributed by atoms with Crippen LogP contribution in [-0.2, 0) is 10.4 Å². The first kappa shape index (κ1) is 16.6. The number of fused-ring (bicyclic) bond motifs is 1. The van der Waals surface area contributed by atoms with Crippen molar-refractivity contribution in [2.75, 3.05) is 12.4 Å². The number of nitrogens with zero attached hydrogens (tertiary/aromatic N) is 1. The molecule has 25 heavy (non-hydrogen) atoms. The third-order valence-electron chi connectivity index (χ3n) is 4.09. The molecule has 8 nitrogen and oxygen atoms in total. The van der Waals surface area contributed by atoms with Crippen molar-refractivity contribution in [3.05, 3.63) is 63.7 Å². The highest BCUT2D eigenvalue weighted by Gasteiger charge is 2.47. The lowest BCUT2D eigenvalue weighted by Crippen LogP contribution is -2.36. The summed E-state index contributed by atoms with van der Waals surface area (Å²) in [5.74, 6) is -0.820. The van der Waals surface area contributed by atoms with Gasteiger partial charge in [-0.15, -0.1) is 0 Å². The summed E-state index contributed by atoms with van der Waals surface area (Å²) in [6.45, 7) is 0. The van der Waals surface area contributed by atoms with E-state index in [1.165, 1.54) is 31.4 Å². The van der Waals surface area contributed by atoms with E-state index in [-0.39, 0.29) is 22.5 Å². The number of methoxy groups -OCH3 is 1. The molecule has 0 saturated carbocycles. The summed E-state index contributed by atoms with van der Waals surface area (Å²) < 4.78 is 5.05. The summed E-state index contributed by atoms with van der Waals surface area (Å²) in [6.07, 6.45) is -0.541. The number of hydrogen-bond acceptors (Lipinski definition) is 6. The largest absolute Gasteiger partial charge is 0.497 e. The second-order valence-corrected chi connectivity index (χ2v) is 5.63. The van der Waals surface area contributed by atoms with Crippen LogP contribution < -0.4 is 10.1 Å². The summed E-state index contributed by atoms with van der Waals surface area (Å²) in [5, 5.41) is 24.2. The topological polar surface area (TPSA) is 119 Å². The minimum absolute atomic E-state index is 0.0166. The zero-order valence-electron chi connectivity index (χ0n) is 13.2. The Morgan fingerprint density at radius 2 is 2.08 bits per heavy atom. The van der Waals surface area contributed by atoms with Gasteiger partial charge >= 0.3 is 0 Å². The molecule has 128 valence electrons. The summed E-state index contributed by atoms with van der Waals surface area (Å²) in [4.78, 5) is 35.0. The van der Waals surface area contributed by atoms with Crippen molar-refractivity contribution in [1.82, 2.24) is 0 Å². The predicted molar refractivity (Wildman–Crippen MR) is 87.6 cm³/mol. The van der Waals surface area contributed by atoms with Gasteiger partial charge in [-0.05, 0) is 18.2 Å². The summed E-state index contributed by atoms with van der Waals surface area (Å²) in [7, 11) is 1.46. The van der Waals surface area contributed by atoms with Gasteiger partial charge in [-0.25, -0.2) is 0 Å². The maximum Gasteiger partial charge on any atom is 0.269 e. The number of nitro groups is 1. The number of benzene rings is 2. The number of ketones is 1. The second-order valence-electron chi connectivity index (χ2n) is 5.63. The fourth-order valence-corrected chi connectivity index (χ4v) is 2.75. The quantitative estimate of drug-likeness (QED) is 0.487. The van der Waals surface area contributed by atoms with E-state index in [0.717, 1.165) is 6.07 Å². The number of aliphatic hydroxyl groups is 1. The van der Waals surface area contributed by atoms with Crippen molar-refractivity contribution in [2.45, 2.75) is 12.0 Å². The van der Waals surface area contributed by atoms with E-state index in [0.29, 0.717) is 5.75 Å². The molecule has 0 radical (unpaired) electrons. The van der Waals surface area contributed by atoms with Crippen LogP contribution in [0.5, 0.6) is 5.75 Å². The Hall–Kier alpha value is -3.26. The molecule has 1 aliphatic heterocycles. The maximum absolute atomic E-state index is 12.5. The van der Waals surface area contributed by atoms with Crippen LogP contribution in [0.2, 0.25) is 0 Å². The minimum atomic E-state index is -2.17. The van der Waals surface area contributed by atoms with Crippen molar-refractivity contribution in [3.8, 4) is 5.75 Å². The molecule has 0 bridgehead atoms. The van der Waals surface area contributed by atoms with Gasteiger partial charge in [0.05, 0.1) is 18.5 Å². The third-order valence-corrected chi connectivity index (χ3v) is 4.09. The molecule has 3 rings (SSSR count). The van der Waals surface area contributed by atoms with E-state index >= 15 is 0 Å². The SMILES string of the molecule is COc1cccc(C(=O)CC2(O)C(=O)Nc3ccc([N+](=O)[O-])cc32)c1. The molecule has 2 N–H and O–H groups in total. The van der Waals surface area contributed by atoms with Crippen molar-refractivity contribution in [3.63, 3.8) is 0 Å². The van der Waals surface area contributed by atoms with Gasteiger partial charge in [0.25, 0.3) is 11.6 Å². The fourth-order valence-electron chi connectivity index (χ4n) is 2.75. The van der Waals surface area contributed by atoms with Crippen LogP contribution in [0.15, 0.2) is 42.5 Å². The van der Waals surface area contributed by atoms with Gasteiger partial charge < -0.3 is 15.2 Å². The van der Waals surface area contributed by atoms with E-state index in [1.807, 2.05) is 0 Å². The van der Waals surface area contributed by atoms with Crippen LogP contribution in [0.1, 0.15) is 22.3 Å². The van der Waals surface area contributed by atoms with Gasteiger partial charge in [0.1, 0.15) is 5.75 Å². The molecular formula is C17H14N2O6. The summed E-state index contributed by atoms with van der Waals surface area (Å²) in [5.41, 5.74) is -1.91. The van der Waals surface area contributed by atoms with Gasteiger partial charge in [0, 0.05) is 28.9 Å². The minimum Gasteiger partial charge on any atom is -0.497 e. The molecule has 0 aromatic heterocycles. The highest BCUT2D eigenvalue weighted by Crippen LogP contribution is 2.40. The van der Waals surface area contributed by atoms with Gasteiger partial charge in [-0.3, -0.25) is 19.7 Å². The van der Waals surface area contributed by atoms with E-state index in [1.54, 1.807) is 12.1 Å². The molecule has 2 aromatic rings. The molecule has 0 aliphatic carbocycles. The van der Waals surface area contributed by atoms with Crippen LogP contribution in [0.25, 0.3) is 0 Å². The number of amides is 1. The number of carbonyl (C=O) groups is 2. The molecule has 1 amide bonds. The lowest BCUT2D eigenvalue weighted by Gasteiger charge is -2.20. The Morgan fingerprint density at radius 1 is 1.32 bits per heavy atom. The zero-order valence-corrected chi connectivity index (χ0v) is 13.2. The zero-order chi connectivity index (χ0) is 18.2. The molecule has 8 heteroatoms. The molecule has 1 aliphatic rings. The average Bonchev–Trinajstić information content (AvgIpc) is 2.85. The van der Waals surface area contributed by atoms with Crippen LogP contribution in [-0.4, -0.2) is 28.8 Å². The van der Waals surface area contributed by atoms with E-state index in [4.69, 9.17) is 4.74 Å². The molecule has 1 unspecified atom stereocenters. The second kappa shape index (κ2) is 5.99. The number of carbonyl (C=O) groups excluding carboxylic acids is 2. The van der Waals surface area contributed by atoms with Gasteiger partial charge in [-0.1, -0.05) is 12.1 Å². The number of hydrogen-bond donors (Lipinski definition) is 2. The molecular weight excluding hydrogens is 328 g/mol. The van der Waals surface area contributed by atoms with Crippen LogP contribution in [0, 0.1) is 10.1 Å². The molecule has 2 aromatic carbocycles. The number of ether oxygens (including phenoxy) is 1. The molecule has 0 spiro atoms. The Kier molecular flexibility index (Phi) is 3.97. The smallest absolute Gasteiger partial charge is 0.269 e.